The maximum Gasteiger partial charge on any atom is 0.0496 e. The summed E-state index contributed by atoms with van der Waals surface area (Å²) in [6.45, 7) is 3.08. The molecule has 1 aromatic heterocycles. The average Bonchev–Trinajstić information content (AvgIpc) is 2.73. The number of anilines is 1. The van der Waals surface area contributed by atoms with Crippen molar-refractivity contribution in [2.45, 2.75) is 18.4 Å². The smallest absolute Gasteiger partial charge is 0.0496 e. The zero-order chi connectivity index (χ0) is 11.4. The van der Waals surface area contributed by atoms with E-state index >= 15 is 0 Å². The van der Waals surface area contributed by atoms with E-state index in [0.717, 1.165) is 6.54 Å². The lowest BCUT2D eigenvalue weighted by molar-refractivity contribution is 1.16. The highest BCUT2D eigenvalue weighted by Gasteiger charge is 1.99. The quantitative estimate of drug-likeness (QED) is 0.806. The number of benzene rings is 1. The van der Waals surface area contributed by atoms with E-state index in [0.29, 0.717) is 0 Å². The van der Waals surface area contributed by atoms with Gasteiger partial charge >= 0.3 is 0 Å². The van der Waals surface area contributed by atoms with Gasteiger partial charge in [-0.1, -0.05) is 0 Å². The van der Waals surface area contributed by atoms with Crippen molar-refractivity contribution in [3.8, 4) is 0 Å². The molecule has 2 rings (SSSR count). The third-order valence-corrected chi connectivity index (χ3v) is 4.28. The molecule has 16 heavy (non-hydrogen) atoms. The van der Waals surface area contributed by atoms with Gasteiger partial charge in [-0.25, -0.2) is 0 Å². The van der Waals surface area contributed by atoms with E-state index in [9.17, 15) is 0 Å². The van der Waals surface area contributed by atoms with Crippen molar-refractivity contribution >= 4 is 28.8 Å². The summed E-state index contributed by atoms with van der Waals surface area (Å²) in [6.07, 6.45) is 2.09. The minimum absolute atomic E-state index is 0.919. The molecule has 0 unspecified atom stereocenters. The van der Waals surface area contributed by atoms with Crippen LogP contribution in [0.25, 0.3) is 0 Å². The van der Waals surface area contributed by atoms with Gasteiger partial charge < -0.3 is 5.32 Å². The van der Waals surface area contributed by atoms with Crippen LogP contribution in [0.2, 0.25) is 0 Å². The van der Waals surface area contributed by atoms with E-state index in [1.54, 1.807) is 11.8 Å². The summed E-state index contributed by atoms with van der Waals surface area (Å²) in [6, 6.07) is 10.7. The van der Waals surface area contributed by atoms with E-state index < -0.39 is 0 Å². The van der Waals surface area contributed by atoms with Crippen LogP contribution in [0.1, 0.15) is 10.4 Å². The largest absolute Gasteiger partial charge is 0.380 e. The number of thioether (sulfide) groups is 1. The normalized spacial score (nSPS) is 10.4. The van der Waals surface area contributed by atoms with Gasteiger partial charge in [-0.05, 0) is 54.5 Å². The van der Waals surface area contributed by atoms with Crippen LogP contribution in [0, 0.1) is 6.92 Å². The van der Waals surface area contributed by atoms with Gasteiger partial charge in [0.25, 0.3) is 0 Å². The Morgan fingerprint density at radius 1 is 1.19 bits per heavy atom. The number of aryl methyl sites for hydroxylation is 1. The molecule has 1 N–H and O–H groups in total. The molecule has 3 heteroatoms. The van der Waals surface area contributed by atoms with Crippen LogP contribution < -0.4 is 5.32 Å². The summed E-state index contributed by atoms with van der Waals surface area (Å²) < 4.78 is 0. The molecule has 1 aromatic carbocycles. The minimum Gasteiger partial charge on any atom is -0.380 e. The monoisotopic (exact) mass is 249 g/mol. The SMILES string of the molecule is CSc1ccc(NCc2sccc2C)cc1. The first-order valence-electron chi connectivity index (χ1n) is 5.20. The molecular weight excluding hydrogens is 234 g/mol. The van der Waals surface area contributed by atoms with Gasteiger partial charge in [-0.2, -0.15) is 0 Å². The highest BCUT2D eigenvalue weighted by Crippen LogP contribution is 2.20. The second-order valence-electron chi connectivity index (χ2n) is 3.61. The van der Waals surface area contributed by atoms with E-state index in [2.05, 4.69) is 54.2 Å². The molecule has 2 aromatic rings. The molecule has 0 radical (unpaired) electrons. The van der Waals surface area contributed by atoms with Crippen LogP contribution in [0.15, 0.2) is 40.6 Å². The first-order chi connectivity index (χ1) is 7.79. The molecule has 0 aliphatic carbocycles. The topological polar surface area (TPSA) is 12.0 Å². The summed E-state index contributed by atoms with van der Waals surface area (Å²) in [7, 11) is 0. The van der Waals surface area contributed by atoms with Crippen LogP contribution in [0.3, 0.4) is 0 Å². The number of hydrogen-bond acceptors (Lipinski definition) is 3. The van der Waals surface area contributed by atoms with Gasteiger partial charge in [-0.3, -0.25) is 0 Å². The zero-order valence-corrected chi connectivity index (χ0v) is 11.1. The Morgan fingerprint density at radius 2 is 1.94 bits per heavy atom. The molecule has 0 aliphatic rings. The molecule has 1 nitrogen and oxygen atoms in total. The summed E-state index contributed by atoms with van der Waals surface area (Å²) in [5.74, 6) is 0. The van der Waals surface area contributed by atoms with Gasteiger partial charge in [-0.15, -0.1) is 23.1 Å². The first-order valence-corrected chi connectivity index (χ1v) is 7.31. The second-order valence-corrected chi connectivity index (χ2v) is 5.49. The van der Waals surface area contributed by atoms with Gasteiger partial charge in [0.05, 0.1) is 0 Å². The molecule has 0 amide bonds. The van der Waals surface area contributed by atoms with Gasteiger partial charge in [0.2, 0.25) is 0 Å². The minimum atomic E-state index is 0.919. The lowest BCUT2D eigenvalue weighted by Crippen LogP contribution is -1.98. The maximum atomic E-state index is 3.44. The predicted octanol–water partition coefficient (Wildman–Crippen LogP) is 4.39. The Morgan fingerprint density at radius 3 is 2.50 bits per heavy atom. The molecule has 1 heterocycles. The van der Waals surface area contributed by atoms with Crippen LogP contribution in [-0.4, -0.2) is 6.26 Å². The second kappa shape index (κ2) is 5.41. The van der Waals surface area contributed by atoms with Crippen molar-refractivity contribution in [3.63, 3.8) is 0 Å². The van der Waals surface area contributed by atoms with Crippen LogP contribution in [0.5, 0.6) is 0 Å². The summed E-state index contributed by atoms with van der Waals surface area (Å²) >= 11 is 3.58. The van der Waals surface area contributed by atoms with Crippen molar-refractivity contribution < 1.29 is 0 Å². The van der Waals surface area contributed by atoms with Crippen molar-refractivity contribution in [3.05, 3.63) is 46.2 Å². The number of rotatable bonds is 4. The lowest BCUT2D eigenvalue weighted by Gasteiger charge is -2.06. The first kappa shape index (κ1) is 11.6. The molecule has 0 fully saturated rings. The fourth-order valence-electron chi connectivity index (χ4n) is 1.48. The molecule has 0 atom stereocenters. The highest BCUT2D eigenvalue weighted by atomic mass is 32.2. The number of nitrogens with one attached hydrogen (secondary N) is 1. The molecule has 0 spiro atoms. The molecule has 0 bridgehead atoms. The maximum absolute atomic E-state index is 3.44. The molecule has 0 saturated carbocycles. The Hall–Kier alpha value is -0.930. The van der Waals surface area contributed by atoms with Crippen LogP contribution >= 0.6 is 23.1 Å². The van der Waals surface area contributed by atoms with Gasteiger partial charge in [0.1, 0.15) is 0 Å². The fourth-order valence-corrected chi connectivity index (χ4v) is 2.73. The Kier molecular flexibility index (Phi) is 3.91. The number of hydrogen-bond donors (Lipinski definition) is 1. The van der Waals surface area contributed by atoms with Crippen molar-refractivity contribution in [2.24, 2.45) is 0 Å². The Balaban J connectivity index is 1.97. The molecule has 0 saturated heterocycles. The van der Waals surface area contributed by atoms with Crippen molar-refractivity contribution in [1.29, 1.82) is 0 Å². The summed E-state index contributed by atoms with van der Waals surface area (Å²) in [5, 5.41) is 5.58. The Bertz CT molecular complexity index is 445. The van der Waals surface area contributed by atoms with E-state index in [1.807, 2.05) is 11.3 Å². The summed E-state index contributed by atoms with van der Waals surface area (Å²) in [5.41, 5.74) is 2.56. The summed E-state index contributed by atoms with van der Waals surface area (Å²) in [4.78, 5) is 2.71. The Labute approximate surface area is 105 Å². The third kappa shape index (κ3) is 2.80. The third-order valence-electron chi connectivity index (χ3n) is 2.51. The number of thiophene rings is 1. The van der Waals surface area contributed by atoms with Crippen LogP contribution in [0.4, 0.5) is 5.69 Å². The zero-order valence-electron chi connectivity index (χ0n) is 9.49. The highest BCUT2D eigenvalue weighted by molar-refractivity contribution is 7.98. The van der Waals surface area contributed by atoms with Gasteiger partial charge in [0.15, 0.2) is 0 Å². The van der Waals surface area contributed by atoms with E-state index in [-0.39, 0.29) is 0 Å². The molecular formula is C13H15NS2. The van der Waals surface area contributed by atoms with E-state index in [4.69, 9.17) is 0 Å². The molecule has 0 aliphatic heterocycles. The van der Waals surface area contributed by atoms with E-state index in [1.165, 1.54) is 21.0 Å². The standard InChI is InChI=1S/C13H15NS2/c1-10-7-8-16-13(10)9-14-11-3-5-12(15-2)6-4-11/h3-8,14H,9H2,1-2H3. The van der Waals surface area contributed by atoms with Crippen molar-refractivity contribution in [2.75, 3.05) is 11.6 Å². The van der Waals surface area contributed by atoms with Gasteiger partial charge in [0, 0.05) is 22.0 Å². The van der Waals surface area contributed by atoms with Crippen molar-refractivity contribution in [1.82, 2.24) is 0 Å². The fraction of sp³-hybridized carbons (Fsp3) is 0.231. The van der Waals surface area contributed by atoms with Crippen LogP contribution in [-0.2, 0) is 6.54 Å². The lowest BCUT2D eigenvalue weighted by atomic mass is 10.2. The molecule has 84 valence electrons. The predicted molar refractivity (Wildman–Crippen MR) is 74.6 cm³/mol. The average molecular weight is 249 g/mol.